The third kappa shape index (κ3) is 3.43. The number of para-hydroxylation sites is 1. The Morgan fingerprint density at radius 2 is 1.86 bits per heavy atom. The number of anilines is 1. The van der Waals surface area contributed by atoms with E-state index in [4.69, 9.17) is 4.74 Å². The minimum atomic E-state index is -0.159. The van der Waals surface area contributed by atoms with Crippen molar-refractivity contribution in [3.63, 3.8) is 0 Å². The van der Waals surface area contributed by atoms with Crippen LogP contribution in [0.4, 0.5) is 5.69 Å². The summed E-state index contributed by atoms with van der Waals surface area (Å²) in [5.41, 5.74) is 3.67. The van der Waals surface area contributed by atoms with Crippen molar-refractivity contribution in [1.29, 1.82) is 0 Å². The minimum Gasteiger partial charge on any atom is -0.497 e. The second-order valence-corrected chi connectivity index (χ2v) is 6.78. The molecule has 1 aliphatic heterocycles. The van der Waals surface area contributed by atoms with E-state index >= 15 is 0 Å². The van der Waals surface area contributed by atoms with Gasteiger partial charge in [0, 0.05) is 12.1 Å². The molecule has 29 heavy (non-hydrogen) atoms. The van der Waals surface area contributed by atoms with Crippen LogP contribution in [0.2, 0.25) is 0 Å². The average Bonchev–Trinajstić information content (AvgIpc) is 3.02. The number of ether oxygens (including phenoxy) is 1. The zero-order valence-electron chi connectivity index (χ0n) is 16.4. The number of carbonyl (C=O) groups is 1. The summed E-state index contributed by atoms with van der Waals surface area (Å²) < 4.78 is 5.28. The van der Waals surface area contributed by atoms with Crippen LogP contribution in [0.25, 0.3) is 10.8 Å². The normalized spacial score (nSPS) is 15.1. The molecule has 5 nitrogen and oxygen atoms in total. The molecule has 0 atom stereocenters. The highest BCUT2D eigenvalue weighted by atomic mass is 16.5. The number of rotatable bonds is 5. The Kier molecular flexibility index (Phi) is 4.96. The van der Waals surface area contributed by atoms with Crippen LogP contribution in [-0.2, 0) is 4.79 Å². The molecule has 144 valence electrons. The summed E-state index contributed by atoms with van der Waals surface area (Å²) in [6.45, 7) is 6.06. The molecular formula is C24H21N3O2. The first-order chi connectivity index (χ1) is 14.1. The Bertz CT molecular complexity index is 1180. The van der Waals surface area contributed by atoms with E-state index in [1.165, 1.54) is 0 Å². The van der Waals surface area contributed by atoms with Gasteiger partial charge in [-0.15, -0.1) is 11.7 Å². The number of amides is 1. The third-order valence-electron chi connectivity index (χ3n) is 4.97. The van der Waals surface area contributed by atoms with Gasteiger partial charge in [-0.05, 0) is 47.5 Å². The second-order valence-electron chi connectivity index (χ2n) is 6.78. The lowest BCUT2D eigenvalue weighted by atomic mass is 10.0. The molecule has 4 rings (SSSR count). The van der Waals surface area contributed by atoms with Gasteiger partial charge in [0.2, 0.25) is 0 Å². The molecule has 0 saturated carbocycles. The number of hydrogen-bond donors (Lipinski definition) is 0. The minimum absolute atomic E-state index is 0.159. The maximum Gasteiger partial charge on any atom is 0.279 e. The van der Waals surface area contributed by atoms with Gasteiger partial charge >= 0.3 is 0 Å². The van der Waals surface area contributed by atoms with Gasteiger partial charge < -0.3 is 9.64 Å². The summed E-state index contributed by atoms with van der Waals surface area (Å²) in [5, 5.41) is 10.9. The average molecular weight is 383 g/mol. The molecule has 0 spiro atoms. The van der Waals surface area contributed by atoms with Crippen molar-refractivity contribution < 1.29 is 9.53 Å². The van der Waals surface area contributed by atoms with Gasteiger partial charge in [0.15, 0.2) is 5.71 Å². The number of hydrogen-bond acceptors (Lipinski definition) is 4. The van der Waals surface area contributed by atoms with Gasteiger partial charge in [0.25, 0.3) is 5.91 Å². The predicted octanol–water partition coefficient (Wildman–Crippen LogP) is 4.59. The SMILES string of the molecule is C=CCN1C(=O)/C(=N\N=C(\C)c2ccc3cc(OC)ccc3c2)c2ccccc21. The fourth-order valence-electron chi connectivity index (χ4n) is 3.43. The molecule has 5 heteroatoms. The Morgan fingerprint density at radius 1 is 1.10 bits per heavy atom. The summed E-state index contributed by atoms with van der Waals surface area (Å²) in [7, 11) is 1.66. The monoisotopic (exact) mass is 383 g/mol. The van der Waals surface area contributed by atoms with E-state index in [-0.39, 0.29) is 5.91 Å². The maximum atomic E-state index is 12.8. The number of fused-ring (bicyclic) bond motifs is 2. The van der Waals surface area contributed by atoms with Crippen molar-refractivity contribution in [3.05, 3.63) is 84.4 Å². The molecule has 0 N–H and O–H groups in total. The van der Waals surface area contributed by atoms with Gasteiger partial charge in [-0.2, -0.15) is 5.10 Å². The Hall–Kier alpha value is -3.73. The lowest BCUT2D eigenvalue weighted by molar-refractivity contribution is -0.112. The summed E-state index contributed by atoms with van der Waals surface area (Å²) in [6, 6.07) is 19.6. The number of methoxy groups -OCH3 is 1. The number of nitrogens with zero attached hydrogens (tertiary/aromatic N) is 3. The fourth-order valence-corrected chi connectivity index (χ4v) is 3.43. The lowest BCUT2D eigenvalue weighted by Crippen LogP contribution is -2.30. The molecule has 3 aromatic carbocycles. The molecule has 0 aliphatic carbocycles. The molecule has 1 heterocycles. The van der Waals surface area contributed by atoms with Crippen LogP contribution < -0.4 is 9.64 Å². The van der Waals surface area contributed by atoms with Crippen LogP contribution >= 0.6 is 0 Å². The van der Waals surface area contributed by atoms with Crippen molar-refractivity contribution >= 4 is 33.8 Å². The topological polar surface area (TPSA) is 54.3 Å². The summed E-state index contributed by atoms with van der Waals surface area (Å²) in [4.78, 5) is 14.5. The molecule has 0 fully saturated rings. The highest BCUT2D eigenvalue weighted by molar-refractivity contribution is 6.54. The first-order valence-corrected chi connectivity index (χ1v) is 9.35. The number of carbonyl (C=O) groups excluding carboxylic acids is 1. The molecule has 0 saturated heterocycles. The third-order valence-corrected chi connectivity index (χ3v) is 4.97. The van der Waals surface area contributed by atoms with Gasteiger partial charge in [-0.1, -0.05) is 42.5 Å². The van der Waals surface area contributed by atoms with Crippen LogP contribution in [0, 0.1) is 0 Å². The van der Waals surface area contributed by atoms with Crippen molar-refractivity contribution in [1.82, 2.24) is 0 Å². The molecule has 0 unspecified atom stereocenters. The Labute approximate surface area is 169 Å². The number of benzene rings is 3. The predicted molar refractivity (Wildman–Crippen MR) is 118 cm³/mol. The molecule has 0 radical (unpaired) electrons. The molecule has 1 aliphatic rings. The summed E-state index contributed by atoms with van der Waals surface area (Å²) >= 11 is 0. The van der Waals surface area contributed by atoms with Crippen LogP contribution in [-0.4, -0.2) is 31.0 Å². The van der Waals surface area contributed by atoms with Gasteiger partial charge in [0.05, 0.1) is 18.5 Å². The van der Waals surface area contributed by atoms with Crippen molar-refractivity contribution in [2.75, 3.05) is 18.6 Å². The van der Waals surface area contributed by atoms with E-state index in [0.717, 1.165) is 39.0 Å². The molecule has 0 bridgehead atoms. The van der Waals surface area contributed by atoms with Crippen LogP contribution in [0.5, 0.6) is 5.75 Å². The van der Waals surface area contributed by atoms with Crippen molar-refractivity contribution in [2.24, 2.45) is 10.2 Å². The van der Waals surface area contributed by atoms with E-state index in [0.29, 0.717) is 12.3 Å². The van der Waals surface area contributed by atoms with Gasteiger partial charge in [-0.25, -0.2) is 0 Å². The quantitative estimate of drug-likeness (QED) is 0.367. The zero-order valence-corrected chi connectivity index (χ0v) is 16.4. The van der Waals surface area contributed by atoms with E-state index in [1.54, 1.807) is 18.1 Å². The largest absolute Gasteiger partial charge is 0.497 e. The molecule has 3 aromatic rings. The van der Waals surface area contributed by atoms with E-state index in [1.807, 2.05) is 61.5 Å². The van der Waals surface area contributed by atoms with Crippen LogP contribution in [0.15, 0.2) is 83.5 Å². The van der Waals surface area contributed by atoms with Gasteiger partial charge in [0.1, 0.15) is 5.75 Å². The molecule has 1 amide bonds. The maximum absolute atomic E-state index is 12.8. The summed E-state index contributed by atoms with van der Waals surface area (Å²) in [5.74, 6) is 0.665. The Morgan fingerprint density at radius 3 is 2.66 bits per heavy atom. The molecular weight excluding hydrogens is 362 g/mol. The van der Waals surface area contributed by atoms with Crippen molar-refractivity contribution in [2.45, 2.75) is 6.92 Å². The fraction of sp³-hybridized carbons (Fsp3) is 0.125. The first-order valence-electron chi connectivity index (χ1n) is 9.35. The standard InChI is InChI=1S/C24H21N3O2/c1-4-13-27-22-8-6-5-7-21(22)23(24(27)28)26-25-16(2)17-9-10-19-15-20(29-3)12-11-18(19)14-17/h4-12,14-15H,1,13H2,2-3H3/b25-16-,26-23-. The second kappa shape index (κ2) is 7.72. The highest BCUT2D eigenvalue weighted by Gasteiger charge is 2.33. The van der Waals surface area contributed by atoms with Crippen LogP contribution in [0.3, 0.4) is 0 Å². The van der Waals surface area contributed by atoms with E-state index < -0.39 is 0 Å². The van der Waals surface area contributed by atoms with E-state index in [2.05, 4.69) is 22.8 Å². The Balaban J connectivity index is 1.69. The smallest absolute Gasteiger partial charge is 0.279 e. The van der Waals surface area contributed by atoms with Gasteiger partial charge in [-0.3, -0.25) is 4.79 Å². The zero-order chi connectivity index (χ0) is 20.4. The van der Waals surface area contributed by atoms with Crippen molar-refractivity contribution in [3.8, 4) is 5.75 Å². The first kappa shape index (κ1) is 18.6. The van der Waals surface area contributed by atoms with E-state index in [9.17, 15) is 4.79 Å². The summed E-state index contributed by atoms with van der Waals surface area (Å²) in [6.07, 6.45) is 1.70. The highest BCUT2D eigenvalue weighted by Crippen LogP contribution is 2.29. The molecule has 0 aromatic heterocycles. The lowest BCUT2D eigenvalue weighted by Gasteiger charge is -2.13. The van der Waals surface area contributed by atoms with Crippen LogP contribution in [0.1, 0.15) is 18.1 Å².